The Balaban J connectivity index is 2.12. The molecule has 2 heterocycles. The predicted octanol–water partition coefficient (Wildman–Crippen LogP) is 2.99. The minimum absolute atomic E-state index is 0.754. The third-order valence-electron chi connectivity index (χ3n) is 2.78. The number of aliphatic imine (C=N–C) groups is 1. The van der Waals surface area contributed by atoms with Crippen LogP contribution in [-0.2, 0) is 6.54 Å². The second-order valence-electron chi connectivity index (χ2n) is 3.83. The third-order valence-corrected chi connectivity index (χ3v) is 3.02. The molecule has 0 amide bonds. The Kier molecular flexibility index (Phi) is 2.29. The molecule has 3 heteroatoms. The highest BCUT2D eigenvalue weighted by Crippen LogP contribution is 2.18. The molecule has 16 heavy (non-hydrogen) atoms. The standard InChI is InChI=1S/C13H11ClN2/c14-11-4-1-3-10(9-11)13-12-5-2-7-16(12)8-6-15-13/h1-5,7,9H,6,8H2. The highest BCUT2D eigenvalue weighted by molar-refractivity contribution is 6.31. The Hall–Kier alpha value is -1.54. The minimum Gasteiger partial charge on any atom is -0.344 e. The second kappa shape index (κ2) is 3.80. The Morgan fingerprint density at radius 2 is 2.12 bits per heavy atom. The van der Waals surface area contributed by atoms with Gasteiger partial charge in [-0.3, -0.25) is 4.99 Å². The predicted molar refractivity (Wildman–Crippen MR) is 66.4 cm³/mol. The van der Waals surface area contributed by atoms with Crippen molar-refractivity contribution in [1.29, 1.82) is 0 Å². The van der Waals surface area contributed by atoms with E-state index in [0.29, 0.717) is 0 Å². The Morgan fingerprint density at radius 3 is 3.00 bits per heavy atom. The van der Waals surface area contributed by atoms with E-state index in [4.69, 9.17) is 11.6 Å². The molecule has 1 aliphatic heterocycles. The van der Waals surface area contributed by atoms with Crippen LogP contribution < -0.4 is 0 Å². The van der Waals surface area contributed by atoms with Crippen molar-refractivity contribution >= 4 is 17.3 Å². The first-order valence-electron chi connectivity index (χ1n) is 5.30. The van der Waals surface area contributed by atoms with Gasteiger partial charge < -0.3 is 4.57 Å². The second-order valence-corrected chi connectivity index (χ2v) is 4.26. The van der Waals surface area contributed by atoms with Crippen LogP contribution in [0.25, 0.3) is 0 Å². The lowest BCUT2D eigenvalue weighted by atomic mass is 10.1. The molecule has 0 spiro atoms. The number of aromatic nitrogens is 1. The van der Waals surface area contributed by atoms with E-state index >= 15 is 0 Å². The van der Waals surface area contributed by atoms with Gasteiger partial charge in [-0.2, -0.15) is 0 Å². The largest absolute Gasteiger partial charge is 0.344 e. The molecule has 1 aromatic carbocycles. The van der Waals surface area contributed by atoms with E-state index in [1.807, 2.05) is 24.3 Å². The van der Waals surface area contributed by atoms with Gasteiger partial charge in [0.05, 0.1) is 18.0 Å². The van der Waals surface area contributed by atoms with E-state index in [1.165, 1.54) is 5.69 Å². The summed E-state index contributed by atoms with van der Waals surface area (Å²) in [6.07, 6.45) is 2.09. The molecular weight excluding hydrogens is 220 g/mol. The highest BCUT2D eigenvalue weighted by atomic mass is 35.5. The minimum atomic E-state index is 0.754. The maximum absolute atomic E-state index is 6.00. The lowest BCUT2D eigenvalue weighted by molar-refractivity contribution is 0.690. The summed E-state index contributed by atoms with van der Waals surface area (Å²) >= 11 is 6.00. The number of rotatable bonds is 1. The molecule has 0 aliphatic carbocycles. The van der Waals surface area contributed by atoms with Crippen molar-refractivity contribution in [3.05, 3.63) is 58.9 Å². The Labute approximate surface area is 99.2 Å². The number of benzene rings is 1. The molecule has 1 aromatic heterocycles. The molecule has 0 fully saturated rings. The fourth-order valence-electron chi connectivity index (χ4n) is 2.05. The fraction of sp³-hybridized carbons (Fsp3) is 0.154. The van der Waals surface area contributed by atoms with Crippen LogP contribution in [0, 0.1) is 0 Å². The van der Waals surface area contributed by atoms with Crippen LogP contribution in [0.2, 0.25) is 5.02 Å². The number of hydrogen-bond donors (Lipinski definition) is 0. The molecule has 0 saturated heterocycles. The average molecular weight is 231 g/mol. The van der Waals surface area contributed by atoms with Gasteiger partial charge in [-0.1, -0.05) is 23.7 Å². The normalized spacial score (nSPS) is 14.4. The zero-order chi connectivity index (χ0) is 11.0. The number of nitrogens with zero attached hydrogens (tertiary/aromatic N) is 2. The lowest BCUT2D eigenvalue weighted by Crippen LogP contribution is -2.18. The lowest BCUT2D eigenvalue weighted by Gasteiger charge is -2.16. The maximum Gasteiger partial charge on any atom is 0.0884 e. The van der Waals surface area contributed by atoms with Crippen LogP contribution in [0.4, 0.5) is 0 Å². The summed E-state index contributed by atoms with van der Waals surface area (Å²) in [6.45, 7) is 1.80. The van der Waals surface area contributed by atoms with Crippen molar-refractivity contribution in [2.75, 3.05) is 6.54 Å². The molecule has 0 bridgehead atoms. The summed E-state index contributed by atoms with van der Waals surface area (Å²) in [4.78, 5) is 4.59. The third kappa shape index (κ3) is 1.55. The summed E-state index contributed by atoms with van der Waals surface area (Å²) < 4.78 is 2.23. The highest BCUT2D eigenvalue weighted by Gasteiger charge is 2.14. The van der Waals surface area contributed by atoms with Gasteiger partial charge >= 0.3 is 0 Å². The van der Waals surface area contributed by atoms with Gasteiger partial charge in [-0.25, -0.2) is 0 Å². The summed E-state index contributed by atoms with van der Waals surface area (Å²) in [7, 11) is 0. The Morgan fingerprint density at radius 1 is 1.19 bits per heavy atom. The summed E-state index contributed by atoms with van der Waals surface area (Å²) in [5.41, 5.74) is 3.31. The molecule has 2 aromatic rings. The molecule has 0 atom stereocenters. The zero-order valence-electron chi connectivity index (χ0n) is 8.73. The van der Waals surface area contributed by atoms with Crippen LogP contribution >= 0.6 is 11.6 Å². The molecule has 0 unspecified atom stereocenters. The topological polar surface area (TPSA) is 17.3 Å². The molecule has 3 rings (SSSR count). The first kappa shape index (κ1) is 9.67. The first-order chi connectivity index (χ1) is 7.84. The van der Waals surface area contributed by atoms with Crippen molar-refractivity contribution < 1.29 is 0 Å². The number of halogens is 1. The van der Waals surface area contributed by atoms with Crippen molar-refractivity contribution in [2.24, 2.45) is 4.99 Å². The Bertz CT molecular complexity index is 555. The smallest absolute Gasteiger partial charge is 0.0884 e. The SMILES string of the molecule is Clc1cccc(C2=NCCn3cccc32)c1. The average Bonchev–Trinajstić information content (AvgIpc) is 2.76. The summed E-state index contributed by atoms with van der Waals surface area (Å²) in [5, 5.41) is 0.754. The van der Waals surface area contributed by atoms with Gasteiger partial charge in [0.15, 0.2) is 0 Å². The number of hydrogen-bond acceptors (Lipinski definition) is 1. The van der Waals surface area contributed by atoms with Crippen LogP contribution in [0.3, 0.4) is 0 Å². The van der Waals surface area contributed by atoms with Gasteiger partial charge in [0.2, 0.25) is 0 Å². The molecule has 0 N–H and O–H groups in total. The van der Waals surface area contributed by atoms with Crippen LogP contribution in [0.5, 0.6) is 0 Å². The summed E-state index contributed by atoms with van der Waals surface area (Å²) in [5.74, 6) is 0. The van der Waals surface area contributed by atoms with Gasteiger partial charge in [0, 0.05) is 23.3 Å². The summed E-state index contributed by atoms with van der Waals surface area (Å²) in [6, 6.07) is 12.0. The van der Waals surface area contributed by atoms with E-state index in [2.05, 4.69) is 27.9 Å². The van der Waals surface area contributed by atoms with Crippen molar-refractivity contribution in [2.45, 2.75) is 6.54 Å². The van der Waals surface area contributed by atoms with E-state index in [-0.39, 0.29) is 0 Å². The van der Waals surface area contributed by atoms with Crippen molar-refractivity contribution in [3.8, 4) is 0 Å². The van der Waals surface area contributed by atoms with E-state index in [9.17, 15) is 0 Å². The fourth-order valence-corrected chi connectivity index (χ4v) is 2.24. The monoisotopic (exact) mass is 230 g/mol. The molecule has 0 radical (unpaired) electrons. The van der Waals surface area contributed by atoms with Crippen LogP contribution in [0.1, 0.15) is 11.3 Å². The van der Waals surface area contributed by atoms with Gasteiger partial charge in [-0.15, -0.1) is 0 Å². The zero-order valence-corrected chi connectivity index (χ0v) is 9.48. The molecule has 0 saturated carbocycles. The van der Waals surface area contributed by atoms with E-state index in [1.54, 1.807) is 0 Å². The maximum atomic E-state index is 6.00. The quantitative estimate of drug-likeness (QED) is 0.717. The van der Waals surface area contributed by atoms with Gasteiger partial charge in [0.1, 0.15) is 0 Å². The van der Waals surface area contributed by atoms with E-state index in [0.717, 1.165) is 29.4 Å². The molecule has 1 aliphatic rings. The van der Waals surface area contributed by atoms with Crippen molar-refractivity contribution in [1.82, 2.24) is 4.57 Å². The van der Waals surface area contributed by atoms with E-state index < -0.39 is 0 Å². The van der Waals surface area contributed by atoms with Crippen molar-refractivity contribution in [3.63, 3.8) is 0 Å². The first-order valence-corrected chi connectivity index (χ1v) is 5.68. The van der Waals surface area contributed by atoms with Gasteiger partial charge in [0.25, 0.3) is 0 Å². The number of fused-ring (bicyclic) bond motifs is 1. The molecule has 2 nitrogen and oxygen atoms in total. The van der Waals surface area contributed by atoms with Crippen LogP contribution in [-0.4, -0.2) is 16.8 Å². The van der Waals surface area contributed by atoms with Crippen LogP contribution in [0.15, 0.2) is 47.6 Å². The molecular formula is C13H11ClN2. The van der Waals surface area contributed by atoms with Gasteiger partial charge in [-0.05, 0) is 24.3 Å². The molecule has 80 valence electrons.